The first-order valence-electron chi connectivity index (χ1n) is 10.8. The first kappa shape index (κ1) is 23.1. The molecule has 0 spiro atoms. The zero-order valence-electron chi connectivity index (χ0n) is 18.4. The maximum atomic E-state index is 14.8. The topological polar surface area (TPSA) is 78.6 Å². The molecule has 2 heterocycles. The number of hydrogen-bond acceptors (Lipinski definition) is 7. The van der Waals surface area contributed by atoms with Crippen molar-refractivity contribution in [3.05, 3.63) is 64.4 Å². The second-order valence-corrected chi connectivity index (χ2v) is 8.26. The number of nitrogens with one attached hydrogen (secondary N) is 1. The normalized spacial score (nSPS) is 16.5. The lowest BCUT2D eigenvalue weighted by Gasteiger charge is -2.14. The van der Waals surface area contributed by atoms with Gasteiger partial charge in [-0.3, -0.25) is 10.4 Å². The van der Waals surface area contributed by atoms with Gasteiger partial charge < -0.3 is 9.64 Å². The summed E-state index contributed by atoms with van der Waals surface area (Å²) in [5, 5.41) is 4.81. The number of esters is 1. The van der Waals surface area contributed by atoms with Crippen LogP contribution in [0.1, 0.15) is 30.4 Å². The van der Waals surface area contributed by atoms with Gasteiger partial charge in [0, 0.05) is 23.6 Å². The van der Waals surface area contributed by atoms with E-state index in [0.717, 1.165) is 19.6 Å². The predicted octanol–water partition coefficient (Wildman–Crippen LogP) is 3.96. The molecule has 1 fully saturated rings. The number of ether oxygens (including phenoxy) is 1. The quantitative estimate of drug-likeness (QED) is 0.394. The number of fused-ring (bicyclic) bond motifs is 1. The maximum absolute atomic E-state index is 14.8. The number of halogens is 2. The van der Waals surface area contributed by atoms with E-state index < -0.39 is 11.8 Å². The van der Waals surface area contributed by atoms with Crippen molar-refractivity contribution >= 4 is 40.5 Å². The summed E-state index contributed by atoms with van der Waals surface area (Å²) in [5.41, 5.74) is 4.99. The van der Waals surface area contributed by atoms with E-state index in [1.54, 1.807) is 30.3 Å². The van der Waals surface area contributed by atoms with Crippen LogP contribution < -0.4 is 5.43 Å². The van der Waals surface area contributed by atoms with Crippen molar-refractivity contribution in [1.29, 1.82) is 0 Å². The molecule has 33 heavy (non-hydrogen) atoms. The molecule has 172 valence electrons. The summed E-state index contributed by atoms with van der Waals surface area (Å²) in [7, 11) is 1.33. The molecule has 1 N–H and O–H groups in total. The molecular weight excluding hydrogens is 445 g/mol. The molecule has 0 aliphatic carbocycles. The first-order chi connectivity index (χ1) is 16.0. The Morgan fingerprint density at radius 3 is 2.79 bits per heavy atom. The number of hydrogen-bond donors (Lipinski definition) is 1. The number of aliphatic imine (C=N–C) groups is 2. The summed E-state index contributed by atoms with van der Waals surface area (Å²) >= 11 is 6.15. The summed E-state index contributed by atoms with van der Waals surface area (Å²) in [6, 6.07) is 11.8. The molecule has 2 aromatic rings. The van der Waals surface area contributed by atoms with Gasteiger partial charge in [0.05, 0.1) is 30.6 Å². The van der Waals surface area contributed by atoms with Gasteiger partial charge in [0.1, 0.15) is 17.4 Å². The van der Waals surface area contributed by atoms with Crippen LogP contribution in [-0.2, 0) is 9.53 Å². The van der Waals surface area contributed by atoms with E-state index in [-0.39, 0.29) is 12.3 Å². The van der Waals surface area contributed by atoms with Crippen molar-refractivity contribution in [2.24, 2.45) is 15.1 Å². The zero-order chi connectivity index (χ0) is 23.2. The van der Waals surface area contributed by atoms with E-state index in [2.05, 4.69) is 25.4 Å². The van der Waals surface area contributed by atoms with Crippen LogP contribution in [0.25, 0.3) is 0 Å². The summed E-state index contributed by atoms with van der Waals surface area (Å²) in [6.45, 7) is 2.91. The van der Waals surface area contributed by atoms with E-state index in [1.807, 2.05) is 6.07 Å². The molecule has 1 saturated heterocycles. The highest BCUT2D eigenvalue weighted by molar-refractivity contribution is 6.36. The number of carbonyl (C=O) groups is 1. The Morgan fingerprint density at radius 2 is 2.03 bits per heavy atom. The third-order valence-electron chi connectivity index (χ3n) is 5.57. The molecule has 7 nitrogen and oxygen atoms in total. The highest BCUT2D eigenvalue weighted by Crippen LogP contribution is 2.28. The fraction of sp³-hybridized carbons (Fsp3) is 0.333. The minimum atomic E-state index is -0.495. The highest BCUT2D eigenvalue weighted by Gasteiger charge is 2.21. The monoisotopic (exact) mass is 469 g/mol. The molecule has 0 aromatic heterocycles. The minimum Gasteiger partial charge on any atom is -0.464 e. The largest absolute Gasteiger partial charge is 0.464 e. The number of nitrogens with zero attached hydrogens (tertiary/aromatic N) is 4. The minimum absolute atomic E-state index is 0.125. The van der Waals surface area contributed by atoms with Crippen molar-refractivity contribution in [1.82, 2.24) is 10.3 Å². The number of methoxy groups -OCH3 is 1. The van der Waals surface area contributed by atoms with Crippen LogP contribution in [0.15, 0.2) is 57.6 Å². The predicted molar refractivity (Wildman–Crippen MR) is 128 cm³/mol. The third-order valence-corrected chi connectivity index (χ3v) is 5.81. The second kappa shape index (κ2) is 10.7. The van der Waals surface area contributed by atoms with E-state index in [0.29, 0.717) is 39.8 Å². The molecule has 4 rings (SSSR count). The van der Waals surface area contributed by atoms with Gasteiger partial charge in [0.2, 0.25) is 0 Å². The van der Waals surface area contributed by atoms with Crippen LogP contribution in [-0.4, -0.2) is 61.4 Å². The number of carbonyl (C=O) groups excluding carboxylic acids is 1. The fourth-order valence-corrected chi connectivity index (χ4v) is 4.10. The van der Waals surface area contributed by atoms with Crippen molar-refractivity contribution in [2.75, 3.05) is 33.3 Å². The third kappa shape index (κ3) is 5.64. The molecule has 0 bridgehead atoms. The summed E-state index contributed by atoms with van der Waals surface area (Å²) < 4.78 is 19.7. The van der Waals surface area contributed by atoms with E-state index in [4.69, 9.17) is 16.3 Å². The van der Waals surface area contributed by atoms with Gasteiger partial charge in [-0.1, -0.05) is 29.8 Å². The average Bonchev–Trinajstić information content (AvgIpc) is 3.26. The Balaban J connectivity index is 1.60. The van der Waals surface area contributed by atoms with Crippen molar-refractivity contribution < 1.29 is 13.9 Å². The smallest absolute Gasteiger partial charge is 0.354 e. The van der Waals surface area contributed by atoms with Crippen molar-refractivity contribution in [3.63, 3.8) is 0 Å². The van der Waals surface area contributed by atoms with Gasteiger partial charge in [-0.05, 0) is 50.2 Å². The fourth-order valence-electron chi connectivity index (χ4n) is 3.91. The van der Waals surface area contributed by atoms with Gasteiger partial charge in [0.25, 0.3) is 0 Å². The van der Waals surface area contributed by atoms with Gasteiger partial charge >= 0.3 is 5.97 Å². The summed E-state index contributed by atoms with van der Waals surface area (Å²) in [5.74, 6) is -0.535. The van der Waals surface area contributed by atoms with E-state index in [9.17, 15) is 9.18 Å². The van der Waals surface area contributed by atoms with Crippen LogP contribution >= 0.6 is 11.6 Å². The standard InChI is InChI=1S/C24H25ClFN5O2/c1-33-24(32)20(10-13-31-11-2-3-12-31)29-30-21-15-27-23(16-6-4-7-17(25)14-16)22-18(26)8-5-9-19(22)28-21/h4-9,14H,2-3,10-13,15H2,1H3,(H,28,30). The first-order valence-corrected chi connectivity index (χ1v) is 11.2. The van der Waals surface area contributed by atoms with E-state index in [1.165, 1.54) is 26.0 Å². The molecule has 2 aliphatic rings. The van der Waals surface area contributed by atoms with E-state index >= 15 is 0 Å². The van der Waals surface area contributed by atoms with Gasteiger partial charge in [-0.2, -0.15) is 5.10 Å². The Morgan fingerprint density at radius 1 is 1.24 bits per heavy atom. The molecule has 0 amide bonds. The van der Waals surface area contributed by atoms with Crippen LogP contribution in [0.4, 0.5) is 10.1 Å². The molecule has 9 heteroatoms. The number of benzene rings is 2. The molecule has 0 unspecified atom stereocenters. The number of likely N-dealkylation sites (tertiary alicyclic amines) is 1. The average molecular weight is 470 g/mol. The molecule has 2 aromatic carbocycles. The van der Waals surface area contributed by atoms with Crippen LogP contribution in [0.3, 0.4) is 0 Å². The second-order valence-electron chi connectivity index (χ2n) is 7.83. The Bertz CT molecular complexity index is 1130. The Hall–Kier alpha value is -3.10. The van der Waals surface area contributed by atoms with Gasteiger partial charge in [0.15, 0.2) is 0 Å². The lowest BCUT2D eigenvalue weighted by Crippen LogP contribution is -2.29. The summed E-state index contributed by atoms with van der Waals surface area (Å²) in [4.78, 5) is 23.7. The highest BCUT2D eigenvalue weighted by atomic mass is 35.5. The number of amidine groups is 1. The van der Waals surface area contributed by atoms with Gasteiger partial charge in [-0.15, -0.1) is 0 Å². The van der Waals surface area contributed by atoms with Crippen molar-refractivity contribution in [3.8, 4) is 0 Å². The summed E-state index contributed by atoms with van der Waals surface area (Å²) in [6.07, 6.45) is 2.79. The maximum Gasteiger partial charge on any atom is 0.354 e. The Kier molecular flexibility index (Phi) is 7.47. The van der Waals surface area contributed by atoms with Crippen LogP contribution in [0.2, 0.25) is 5.02 Å². The zero-order valence-corrected chi connectivity index (χ0v) is 19.1. The van der Waals surface area contributed by atoms with Gasteiger partial charge in [-0.25, -0.2) is 14.2 Å². The number of rotatable bonds is 6. The van der Waals surface area contributed by atoms with Crippen LogP contribution in [0, 0.1) is 5.82 Å². The lowest BCUT2D eigenvalue weighted by molar-refractivity contribution is -0.132. The lowest BCUT2D eigenvalue weighted by atomic mass is 10.00. The molecule has 0 atom stereocenters. The van der Waals surface area contributed by atoms with Crippen LogP contribution in [0.5, 0.6) is 0 Å². The molecule has 0 saturated carbocycles. The molecule has 0 radical (unpaired) electrons. The number of hydrazone groups is 1. The Labute approximate surface area is 197 Å². The molecule has 2 aliphatic heterocycles. The van der Waals surface area contributed by atoms with Crippen molar-refractivity contribution in [2.45, 2.75) is 19.3 Å². The SMILES string of the molecule is COC(=O)C(CCN1CCCC1)=NNC1=Nc2cccc(F)c2C(c2cccc(Cl)c2)=NC1. The molecular formula is C24H25ClFN5O2.